The lowest BCUT2D eigenvalue weighted by Crippen LogP contribution is -2.16. The van der Waals surface area contributed by atoms with Crippen LogP contribution in [0.3, 0.4) is 0 Å². The Kier molecular flexibility index (Phi) is 5.60. The van der Waals surface area contributed by atoms with Crippen molar-refractivity contribution >= 4 is 29.8 Å². The van der Waals surface area contributed by atoms with Gasteiger partial charge in [-0.25, -0.2) is 0 Å². The molecule has 1 aromatic heterocycles. The minimum atomic E-state index is -0.224. The summed E-state index contributed by atoms with van der Waals surface area (Å²) in [5, 5.41) is 7.29. The van der Waals surface area contributed by atoms with E-state index >= 15 is 0 Å². The van der Waals surface area contributed by atoms with Crippen LogP contribution in [0.25, 0.3) is 0 Å². The number of aromatic nitrogens is 2. The van der Waals surface area contributed by atoms with Crippen molar-refractivity contribution in [3.63, 3.8) is 0 Å². The number of nitrogen functional groups attached to an aromatic ring is 1. The van der Waals surface area contributed by atoms with E-state index in [-0.39, 0.29) is 23.7 Å². The molecule has 1 heterocycles. The number of para-hydroxylation sites is 1. The van der Waals surface area contributed by atoms with Gasteiger partial charge in [-0.3, -0.25) is 9.48 Å². The fourth-order valence-electron chi connectivity index (χ4n) is 2.16. The monoisotopic (exact) mass is 322 g/mol. The number of nitrogens with zero attached hydrogens (tertiary/aromatic N) is 2. The van der Waals surface area contributed by atoms with Gasteiger partial charge in [0.25, 0.3) is 5.91 Å². The van der Waals surface area contributed by atoms with Crippen LogP contribution in [0, 0.1) is 5.41 Å². The van der Waals surface area contributed by atoms with Gasteiger partial charge in [0.1, 0.15) is 5.82 Å². The van der Waals surface area contributed by atoms with Gasteiger partial charge in [-0.15, -0.1) is 12.4 Å². The number of amides is 1. The molecule has 0 saturated carbocycles. The van der Waals surface area contributed by atoms with Crippen molar-refractivity contribution < 1.29 is 4.79 Å². The molecular formula is C16H23ClN4O. The average molecular weight is 323 g/mol. The Labute approximate surface area is 137 Å². The topological polar surface area (TPSA) is 72.9 Å². The highest BCUT2D eigenvalue weighted by molar-refractivity contribution is 6.07. The molecule has 0 aliphatic carbocycles. The van der Waals surface area contributed by atoms with Gasteiger partial charge in [0.05, 0.1) is 11.3 Å². The molecule has 0 radical (unpaired) electrons. The van der Waals surface area contributed by atoms with Crippen molar-refractivity contribution in [3.05, 3.63) is 41.6 Å². The lowest BCUT2D eigenvalue weighted by atomic mass is 9.91. The molecule has 2 rings (SSSR count). The van der Waals surface area contributed by atoms with Gasteiger partial charge in [0, 0.05) is 18.8 Å². The first-order valence-electron chi connectivity index (χ1n) is 6.95. The summed E-state index contributed by atoms with van der Waals surface area (Å²) in [5.41, 5.74) is 7.86. The highest BCUT2D eigenvalue weighted by atomic mass is 35.5. The molecule has 0 aliphatic heterocycles. The first kappa shape index (κ1) is 18.0. The van der Waals surface area contributed by atoms with Crippen LogP contribution in [0.2, 0.25) is 0 Å². The van der Waals surface area contributed by atoms with E-state index in [1.165, 1.54) is 0 Å². The zero-order valence-corrected chi connectivity index (χ0v) is 14.2. The normalized spacial score (nSPS) is 10.9. The van der Waals surface area contributed by atoms with E-state index in [0.29, 0.717) is 17.1 Å². The van der Waals surface area contributed by atoms with E-state index < -0.39 is 0 Å². The average Bonchev–Trinajstić information content (AvgIpc) is 2.67. The summed E-state index contributed by atoms with van der Waals surface area (Å²) in [5.74, 6) is 0.445. The molecule has 0 bridgehead atoms. The van der Waals surface area contributed by atoms with Gasteiger partial charge in [-0.1, -0.05) is 32.9 Å². The second-order valence-corrected chi connectivity index (χ2v) is 6.42. The van der Waals surface area contributed by atoms with Crippen LogP contribution >= 0.6 is 12.4 Å². The van der Waals surface area contributed by atoms with Crippen molar-refractivity contribution in [2.24, 2.45) is 12.5 Å². The number of rotatable bonds is 3. The predicted octanol–water partition coefficient (Wildman–Crippen LogP) is 3.27. The van der Waals surface area contributed by atoms with Crippen LogP contribution in [-0.4, -0.2) is 15.7 Å². The Bertz CT molecular complexity index is 658. The Morgan fingerprint density at radius 3 is 2.55 bits per heavy atom. The number of hydrogen-bond acceptors (Lipinski definition) is 3. The zero-order chi connectivity index (χ0) is 15.6. The summed E-state index contributed by atoms with van der Waals surface area (Å²) in [4.78, 5) is 12.2. The van der Waals surface area contributed by atoms with E-state index in [1.807, 2.05) is 13.1 Å². The van der Waals surface area contributed by atoms with Crippen LogP contribution in [-0.2, 0) is 13.5 Å². The van der Waals surface area contributed by atoms with E-state index in [1.54, 1.807) is 28.9 Å². The molecule has 6 heteroatoms. The maximum atomic E-state index is 12.2. The van der Waals surface area contributed by atoms with Gasteiger partial charge in [0.15, 0.2) is 0 Å². The number of benzene rings is 1. The Balaban J connectivity index is 0.00000242. The summed E-state index contributed by atoms with van der Waals surface area (Å²) < 4.78 is 1.68. The fraction of sp³-hybridized carbons (Fsp3) is 0.375. The molecule has 120 valence electrons. The summed E-state index contributed by atoms with van der Waals surface area (Å²) >= 11 is 0. The molecule has 5 nitrogen and oxygen atoms in total. The fourth-order valence-corrected chi connectivity index (χ4v) is 2.16. The smallest absolute Gasteiger partial charge is 0.258 e. The van der Waals surface area contributed by atoms with Gasteiger partial charge in [-0.2, -0.15) is 5.10 Å². The molecule has 1 amide bonds. The van der Waals surface area contributed by atoms with Crippen LogP contribution in [0.5, 0.6) is 0 Å². The van der Waals surface area contributed by atoms with Gasteiger partial charge in [-0.05, 0) is 24.0 Å². The first-order valence-corrected chi connectivity index (χ1v) is 6.95. The minimum Gasteiger partial charge on any atom is -0.398 e. The molecule has 0 unspecified atom stereocenters. The number of nitrogens with two attached hydrogens (primary N) is 1. The maximum Gasteiger partial charge on any atom is 0.258 e. The van der Waals surface area contributed by atoms with E-state index in [0.717, 1.165) is 12.1 Å². The zero-order valence-electron chi connectivity index (χ0n) is 13.4. The van der Waals surface area contributed by atoms with E-state index in [2.05, 4.69) is 31.2 Å². The number of carbonyl (C=O) groups excluding carboxylic acids is 1. The van der Waals surface area contributed by atoms with Crippen molar-refractivity contribution in [1.29, 1.82) is 0 Å². The molecule has 0 spiro atoms. The predicted molar refractivity (Wildman–Crippen MR) is 92.4 cm³/mol. The molecule has 22 heavy (non-hydrogen) atoms. The molecule has 3 N–H and O–H groups in total. The number of hydrogen-bond donors (Lipinski definition) is 2. The molecule has 0 saturated heterocycles. The number of nitrogens with one attached hydrogen (secondary N) is 1. The SMILES string of the molecule is Cl.Cn1nc(CC(C)(C)C)cc1NC(=O)c1ccccc1N. The third kappa shape index (κ3) is 4.49. The summed E-state index contributed by atoms with van der Waals surface area (Å²) in [6, 6.07) is 8.92. The van der Waals surface area contributed by atoms with Crippen LogP contribution < -0.4 is 11.1 Å². The lowest BCUT2D eigenvalue weighted by Gasteiger charge is -2.15. The highest BCUT2D eigenvalue weighted by Crippen LogP contribution is 2.22. The minimum absolute atomic E-state index is 0. The number of anilines is 2. The van der Waals surface area contributed by atoms with Crippen LogP contribution in [0.4, 0.5) is 11.5 Å². The third-order valence-corrected chi connectivity index (χ3v) is 3.09. The molecule has 0 aliphatic rings. The van der Waals surface area contributed by atoms with Crippen molar-refractivity contribution in [1.82, 2.24) is 9.78 Å². The number of halogens is 1. The first-order chi connectivity index (χ1) is 9.76. The standard InChI is InChI=1S/C16H22N4O.ClH/c1-16(2,3)10-11-9-14(20(4)19-11)18-15(21)12-7-5-6-8-13(12)17;/h5-9H,10,17H2,1-4H3,(H,18,21);1H. The Morgan fingerprint density at radius 1 is 1.32 bits per heavy atom. The van der Waals surface area contributed by atoms with Gasteiger partial charge in [0.2, 0.25) is 0 Å². The summed E-state index contributed by atoms with van der Waals surface area (Å²) in [6.45, 7) is 6.47. The van der Waals surface area contributed by atoms with Crippen molar-refractivity contribution in [2.45, 2.75) is 27.2 Å². The van der Waals surface area contributed by atoms with Crippen molar-refractivity contribution in [3.8, 4) is 0 Å². The van der Waals surface area contributed by atoms with E-state index in [4.69, 9.17) is 5.73 Å². The molecule has 1 aromatic carbocycles. The number of carbonyl (C=O) groups is 1. The van der Waals surface area contributed by atoms with Gasteiger partial charge >= 0.3 is 0 Å². The second-order valence-electron chi connectivity index (χ2n) is 6.42. The van der Waals surface area contributed by atoms with Crippen molar-refractivity contribution in [2.75, 3.05) is 11.1 Å². The molecular weight excluding hydrogens is 300 g/mol. The molecule has 2 aromatic rings. The number of aryl methyl sites for hydroxylation is 1. The van der Waals surface area contributed by atoms with Crippen LogP contribution in [0.1, 0.15) is 36.8 Å². The Morgan fingerprint density at radius 2 is 1.95 bits per heavy atom. The highest BCUT2D eigenvalue weighted by Gasteiger charge is 2.16. The third-order valence-electron chi connectivity index (χ3n) is 3.09. The Hall–Kier alpha value is -2.01. The van der Waals surface area contributed by atoms with Gasteiger partial charge < -0.3 is 11.1 Å². The molecule has 0 atom stereocenters. The van der Waals surface area contributed by atoms with Crippen LogP contribution in [0.15, 0.2) is 30.3 Å². The second kappa shape index (κ2) is 6.83. The maximum absolute atomic E-state index is 12.2. The largest absolute Gasteiger partial charge is 0.398 e. The summed E-state index contributed by atoms with van der Waals surface area (Å²) in [6.07, 6.45) is 0.851. The van der Waals surface area contributed by atoms with E-state index in [9.17, 15) is 4.79 Å². The summed E-state index contributed by atoms with van der Waals surface area (Å²) in [7, 11) is 1.82. The lowest BCUT2D eigenvalue weighted by molar-refractivity contribution is 0.102. The molecule has 0 fully saturated rings. The quantitative estimate of drug-likeness (QED) is 0.852.